The zero-order valence-electron chi connectivity index (χ0n) is 10.2. The number of nitrogens with one attached hydrogen (secondary N) is 1. The van der Waals surface area contributed by atoms with E-state index in [2.05, 4.69) is 15.3 Å². The minimum absolute atomic E-state index is 0.0699. The van der Waals surface area contributed by atoms with E-state index in [1.807, 2.05) is 13.8 Å². The summed E-state index contributed by atoms with van der Waals surface area (Å²) < 4.78 is 27.3. The van der Waals surface area contributed by atoms with Gasteiger partial charge in [-0.15, -0.1) is 0 Å². The fraction of sp³-hybridized carbons (Fsp3) is 0.600. The lowest BCUT2D eigenvalue weighted by Crippen LogP contribution is -2.15. The maximum atomic E-state index is 11.0. The summed E-state index contributed by atoms with van der Waals surface area (Å²) in [5, 5.41) is 2.96. The van der Waals surface area contributed by atoms with Crippen LogP contribution in [0.15, 0.2) is 6.33 Å². The Bertz CT molecular complexity index is 474. The second-order valence-electron chi connectivity index (χ2n) is 3.64. The van der Waals surface area contributed by atoms with E-state index in [9.17, 15) is 8.42 Å². The number of sulfone groups is 1. The molecule has 96 valence electrons. The standard InChI is InChI=1S/C10H17N3O3S/c1-4-16-10-8(2)9(12-7-13-10)11-5-6-17(3,14)15/h7H,4-6H2,1-3H3,(H,11,12,13). The van der Waals surface area contributed by atoms with Crippen LogP contribution >= 0.6 is 0 Å². The summed E-state index contributed by atoms with van der Waals surface area (Å²) in [6.07, 6.45) is 2.59. The Kier molecular flexibility index (Phi) is 4.68. The number of hydrogen-bond acceptors (Lipinski definition) is 6. The predicted octanol–water partition coefficient (Wildman–Crippen LogP) is 0.640. The molecule has 17 heavy (non-hydrogen) atoms. The fourth-order valence-corrected chi connectivity index (χ4v) is 1.72. The molecule has 0 saturated heterocycles. The van der Waals surface area contributed by atoms with Crippen molar-refractivity contribution in [3.63, 3.8) is 0 Å². The summed E-state index contributed by atoms with van der Waals surface area (Å²) in [6, 6.07) is 0. The Morgan fingerprint density at radius 3 is 2.71 bits per heavy atom. The van der Waals surface area contributed by atoms with Gasteiger partial charge in [-0.25, -0.2) is 18.4 Å². The van der Waals surface area contributed by atoms with Crippen LogP contribution < -0.4 is 10.1 Å². The number of rotatable bonds is 6. The van der Waals surface area contributed by atoms with Crippen LogP contribution in [0.25, 0.3) is 0 Å². The normalized spacial score (nSPS) is 11.2. The van der Waals surface area contributed by atoms with E-state index in [0.717, 1.165) is 5.56 Å². The van der Waals surface area contributed by atoms with Crippen molar-refractivity contribution < 1.29 is 13.2 Å². The lowest BCUT2D eigenvalue weighted by molar-refractivity contribution is 0.324. The van der Waals surface area contributed by atoms with Crippen LogP contribution in [-0.4, -0.2) is 43.5 Å². The molecule has 0 aromatic carbocycles. The molecule has 0 aliphatic rings. The molecule has 6 nitrogen and oxygen atoms in total. The molecule has 1 N–H and O–H groups in total. The Balaban J connectivity index is 2.68. The van der Waals surface area contributed by atoms with Crippen LogP contribution in [0.3, 0.4) is 0 Å². The van der Waals surface area contributed by atoms with Crippen LogP contribution in [-0.2, 0) is 9.84 Å². The van der Waals surface area contributed by atoms with Gasteiger partial charge in [-0.2, -0.15) is 0 Å². The molecular weight excluding hydrogens is 242 g/mol. The first-order valence-electron chi connectivity index (χ1n) is 5.30. The highest BCUT2D eigenvalue weighted by atomic mass is 32.2. The second kappa shape index (κ2) is 5.81. The third-order valence-corrected chi connectivity index (χ3v) is 3.03. The smallest absolute Gasteiger partial charge is 0.221 e. The summed E-state index contributed by atoms with van der Waals surface area (Å²) >= 11 is 0. The summed E-state index contributed by atoms with van der Waals surface area (Å²) in [5.41, 5.74) is 0.780. The summed E-state index contributed by atoms with van der Waals surface area (Å²) in [4.78, 5) is 8.04. The van der Waals surface area contributed by atoms with Gasteiger partial charge in [0.25, 0.3) is 0 Å². The van der Waals surface area contributed by atoms with Crippen molar-refractivity contribution in [2.45, 2.75) is 13.8 Å². The third-order valence-electron chi connectivity index (χ3n) is 2.08. The summed E-state index contributed by atoms with van der Waals surface area (Å²) in [6.45, 7) is 4.55. The second-order valence-corrected chi connectivity index (χ2v) is 5.90. The minimum Gasteiger partial charge on any atom is -0.478 e. The lowest BCUT2D eigenvalue weighted by atomic mass is 10.3. The van der Waals surface area contributed by atoms with Gasteiger partial charge < -0.3 is 10.1 Å². The van der Waals surface area contributed by atoms with Crippen molar-refractivity contribution in [3.05, 3.63) is 11.9 Å². The lowest BCUT2D eigenvalue weighted by Gasteiger charge is -2.10. The minimum atomic E-state index is -2.96. The van der Waals surface area contributed by atoms with E-state index < -0.39 is 9.84 Å². The first-order valence-corrected chi connectivity index (χ1v) is 7.36. The fourth-order valence-electron chi connectivity index (χ4n) is 1.25. The van der Waals surface area contributed by atoms with Crippen LogP contribution in [0.4, 0.5) is 5.82 Å². The molecule has 0 atom stereocenters. The molecule has 0 aliphatic heterocycles. The maximum Gasteiger partial charge on any atom is 0.221 e. The molecule has 0 aliphatic carbocycles. The maximum absolute atomic E-state index is 11.0. The topological polar surface area (TPSA) is 81.2 Å². The van der Waals surface area contributed by atoms with Crippen LogP contribution in [0.1, 0.15) is 12.5 Å². The number of anilines is 1. The number of aromatic nitrogens is 2. The molecule has 7 heteroatoms. The Labute approximate surface area is 101 Å². The van der Waals surface area contributed by atoms with E-state index in [0.29, 0.717) is 24.8 Å². The molecule has 0 bridgehead atoms. The third kappa shape index (κ3) is 4.56. The van der Waals surface area contributed by atoms with Crippen LogP contribution in [0.5, 0.6) is 5.88 Å². The van der Waals surface area contributed by atoms with Gasteiger partial charge in [-0.1, -0.05) is 0 Å². The molecule has 0 unspecified atom stereocenters. The predicted molar refractivity (Wildman–Crippen MR) is 66.1 cm³/mol. The van der Waals surface area contributed by atoms with Crippen molar-refractivity contribution in [3.8, 4) is 5.88 Å². The van der Waals surface area contributed by atoms with Crippen LogP contribution in [0.2, 0.25) is 0 Å². The van der Waals surface area contributed by atoms with Crippen molar-refractivity contribution in [2.75, 3.05) is 30.5 Å². The van der Waals surface area contributed by atoms with Crippen molar-refractivity contribution in [1.29, 1.82) is 0 Å². The first-order chi connectivity index (χ1) is 7.94. The number of hydrogen-bond donors (Lipinski definition) is 1. The molecule has 0 saturated carbocycles. The first kappa shape index (κ1) is 13.7. The van der Waals surface area contributed by atoms with E-state index >= 15 is 0 Å². The summed E-state index contributed by atoms with van der Waals surface area (Å²) in [5.74, 6) is 1.19. The molecular formula is C10H17N3O3S. The Morgan fingerprint density at radius 1 is 1.41 bits per heavy atom. The van der Waals surface area contributed by atoms with Gasteiger partial charge >= 0.3 is 0 Å². The average Bonchev–Trinajstić information content (AvgIpc) is 2.22. The molecule has 0 radical (unpaired) electrons. The van der Waals surface area contributed by atoms with Gasteiger partial charge in [0.2, 0.25) is 5.88 Å². The molecule has 1 rings (SSSR count). The molecule has 0 fully saturated rings. The summed E-state index contributed by atoms with van der Waals surface area (Å²) in [7, 11) is -2.96. The van der Waals surface area contributed by atoms with Crippen molar-refractivity contribution >= 4 is 15.7 Å². The molecule has 1 heterocycles. The Morgan fingerprint density at radius 2 is 2.12 bits per heavy atom. The highest BCUT2D eigenvalue weighted by Crippen LogP contribution is 2.19. The zero-order valence-corrected chi connectivity index (χ0v) is 11.0. The van der Waals surface area contributed by atoms with E-state index in [1.165, 1.54) is 12.6 Å². The van der Waals surface area contributed by atoms with Gasteiger partial charge in [0, 0.05) is 12.8 Å². The Hall–Kier alpha value is -1.37. The van der Waals surface area contributed by atoms with E-state index in [1.54, 1.807) is 0 Å². The van der Waals surface area contributed by atoms with Gasteiger partial charge in [0.15, 0.2) is 0 Å². The van der Waals surface area contributed by atoms with Crippen molar-refractivity contribution in [2.24, 2.45) is 0 Å². The molecule has 0 amide bonds. The van der Waals surface area contributed by atoms with E-state index in [-0.39, 0.29) is 5.75 Å². The quantitative estimate of drug-likeness (QED) is 0.807. The average molecular weight is 259 g/mol. The SMILES string of the molecule is CCOc1ncnc(NCCS(C)(=O)=O)c1C. The van der Waals surface area contributed by atoms with Gasteiger partial charge in [-0.3, -0.25) is 0 Å². The zero-order chi connectivity index (χ0) is 12.9. The molecule has 0 spiro atoms. The largest absolute Gasteiger partial charge is 0.478 e. The molecule has 1 aromatic heterocycles. The van der Waals surface area contributed by atoms with Crippen LogP contribution in [0, 0.1) is 6.92 Å². The monoisotopic (exact) mass is 259 g/mol. The van der Waals surface area contributed by atoms with Crippen molar-refractivity contribution in [1.82, 2.24) is 9.97 Å². The van der Waals surface area contributed by atoms with Gasteiger partial charge in [-0.05, 0) is 13.8 Å². The van der Waals surface area contributed by atoms with Gasteiger partial charge in [0.1, 0.15) is 22.0 Å². The number of nitrogens with zero attached hydrogens (tertiary/aromatic N) is 2. The van der Waals surface area contributed by atoms with E-state index in [4.69, 9.17) is 4.74 Å². The highest BCUT2D eigenvalue weighted by molar-refractivity contribution is 7.90. The van der Waals surface area contributed by atoms with Gasteiger partial charge in [0.05, 0.1) is 17.9 Å². The molecule has 1 aromatic rings. The number of ether oxygens (including phenoxy) is 1. The highest BCUT2D eigenvalue weighted by Gasteiger charge is 2.08.